The molecule has 0 radical (unpaired) electrons. The normalized spacial score (nSPS) is 11.1. The van der Waals surface area contributed by atoms with Gasteiger partial charge >= 0.3 is 5.97 Å². The topological polar surface area (TPSA) is 71.8 Å². The van der Waals surface area contributed by atoms with Crippen LogP contribution in [0.1, 0.15) is 29.4 Å². The van der Waals surface area contributed by atoms with Gasteiger partial charge in [-0.25, -0.2) is 9.78 Å². The first-order valence-corrected chi connectivity index (χ1v) is 13.0. The van der Waals surface area contributed by atoms with E-state index in [9.17, 15) is 4.79 Å². The Morgan fingerprint density at radius 3 is 2.21 bits per heavy atom. The van der Waals surface area contributed by atoms with Gasteiger partial charge in [0.05, 0.1) is 39.1 Å². The molecular formula is C32H32N2O5. The van der Waals surface area contributed by atoms with Gasteiger partial charge < -0.3 is 23.5 Å². The van der Waals surface area contributed by atoms with Crippen molar-refractivity contribution in [1.29, 1.82) is 0 Å². The minimum absolute atomic E-state index is 0.250. The van der Waals surface area contributed by atoms with E-state index in [1.165, 1.54) is 5.56 Å². The van der Waals surface area contributed by atoms with Crippen LogP contribution in [0.4, 0.5) is 0 Å². The highest BCUT2D eigenvalue weighted by molar-refractivity contribution is 6.13. The summed E-state index contributed by atoms with van der Waals surface area (Å²) in [5, 5.41) is 1.99. The second-order valence-electron chi connectivity index (χ2n) is 9.14. The number of esters is 1. The number of ether oxygens (including phenoxy) is 4. The summed E-state index contributed by atoms with van der Waals surface area (Å²) in [4.78, 5) is 17.8. The number of aryl methyl sites for hydroxylation is 2. The summed E-state index contributed by atoms with van der Waals surface area (Å²) in [6.45, 7) is 2.82. The summed E-state index contributed by atoms with van der Waals surface area (Å²) in [7, 11) is 4.74. The fourth-order valence-electron chi connectivity index (χ4n) is 5.12. The molecular weight excluding hydrogens is 492 g/mol. The van der Waals surface area contributed by atoms with Gasteiger partial charge in [0, 0.05) is 28.4 Å². The van der Waals surface area contributed by atoms with Crippen LogP contribution in [0.2, 0.25) is 0 Å². The van der Waals surface area contributed by atoms with Crippen LogP contribution in [0.5, 0.6) is 17.2 Å². The van der Waals surface area contributed by atoms with E-state index < -0.39 is 5.97 Å². The first-order chi connectivity index (χ1) is 19.1. The Morgan fingerprint density at radius 1 is 0.846 bits per heavy atom. The maximum Gasteiger partial charge on any atom is 0.356 e. The molecule has 0 aliphatic carbocycles. The quantitative estimate of drug-likeness (QED) is 0.190. The molecule has 7 nitrogen and oxygen atoms in total. The number of hydrogen-bond donors (Lipinski definition) is 0. The van der Waals surface area contributed by atoms with Gasteiger partial charge in [0.2, 0.25) is 5.75 Å². The zero-order valence-corrected chi connectivity index (χ0v) is 22.7. The number of nitrogens with zero attached hydrogens (tertiary/aromatic N) is 2. The number of carbonyl (C=O) groups excluding carboxylic acids is 1. The lowest BCUT2D eigenvalue weighted by molar-refractivity contribution is 0.0520. The third-order valence-electron chi connectivity index (χ3n) is 6.86. The third-order valence-corrected chi connectivity index (χ3v) is 6.86. The number of hydrogen-bond acceptors (Lipinski definition) is 6. The molecule has 3 aromatic carbocycles. The third kappa shape index (κ3) is 5.00. The molecule has 0 amide bonds. The zero-order chi connectivity index (χ0) is 27.4. The van der Waals surface area contributed by atoms with Crippen LogP contribution < -0.4 is 14.2 Å². The van der Waals surface area contributed by atoms with E-state index >= 15 is 0 Å². The van der Waals surface area contributed by atoms with Crippen molar-refractivity contribution >= 4 is 27.8 Å². The number of para-hydroxylation sites is 1. The average Bonchev–Trinajstić information content (AvgIpc) is 3.30. The predicted molar refractivity (Wildman–Crippen MR) is 153 cm³/mol. The lowest BCUT2D eigenvalue weighted by Crippen LogP contribution is -2.09. The molecule has 5 rings (SSSR count). The monoisotopic (exact) mass is 524 g/mol. The molecule has 0 aliphatic heterocycles. The maximum atomic E-state index is 12.9. The number of carbonyl (C=O) groups is 1. The largest absolute Gasteiger partial charge is 0.493 e. The van der Waals surface area contributed by atoms with Crippen molar-refractivity contribution in [1.82, 2.24) is 9.55 Å². The van der Waals surface area contributed by atoms with Crippen LogP contribution in [-0.4, -0.2) is 43.5 Å². The molecule has 0 unspecified atom stereocenters. The Balaban J connectivity index is 1.75. The summed E-state index contributed by atoms with van der Waals surface area (Å²) in [5.74, 6) is 1.05. The summed E-state index contributed by atoms with van der Waals surface area (Å²) in [5.41, 5.74) is 4.95. The van der Waals surface area contributed by atoms with Crippen molar-refractivity contribution in [3.05, 3.63) is 84.1 Å². The van der Waals surface area contributed by atoms with Gasteiger partial charge in [-0.1, -0.05) is 48.5 Å². The summed E-state index contributed by atoms with van der Waals surface area (Å²) < 4.78 is 24.5. The molecule has 0 saturated heterocycles. The molecule has 0 N–H and O–H groups in total. The second-order valence-corrected chi connectivity index (χ2v) is 9.14. The molecule has 0 fully saturated rings. The minimum atomic E-state index is -0.464. The Labute approximate surface area is 227 Å². The van der Waals surface area contributed by atoms with Crippen LogP contribution in [-0.2, 0) is 17.7 Å². The first kappa shape index (κ1) is 26.1. The van der Waals surface area contributed by atoms with E-state index in [4.69, 9.17) is 23.9 Å². The van der Waals surface area contributed by atoms with Crippen molar-refractivity contribution < 1.29 is 23.7 Å². The lowest BCUT2D eigenvalue weighted by Gasteiger charge is -2.16. The number of benzene rings is 3. The van der Waals surface area contributed by atoms with Gasteiger partial charge in [-0.3, -0.25) is 0 Å². The number of methoxy groups -OCH3 is 3. The molecule has 0 saturated carbocycles. The number of aromatic nitrogens is 2. The highest BCUT2D eigenvalue weighted by Gasteiger charge is 2.23. The van der Waals surface area contributed by atoms with Crippen molar-refractivity contribution in [3.63, 3.8) is 0 Å². The molecule has 0 spiro atoms. The number of rotatable bonds is 10. The highest BCUT2D eigenvalue weighted by Crippen LogP contribution is 2.43. The molecule has 0 aliphatic rings. The van der Waals surface area contributed by atoms with Crippen LogP contribution in [0.3, 0.4) is 0 Å². The Morgan fingerprint density at radius 2 is 1.54 bits per heavy atom. The summed E-state index contributed by atoms with van der Waals surface area (Å²) in [6, 6.07) is 24.3. The molecule has 7 heteroatoms. The van der Waals surface area contributed by atoms with Crippen LogP contribution >= 0.6 is 0 Å². The molecule has 0 bridgehead atoms. The zero-order valence-electron chi connectivity index (χ0n) is 22.7. The molecule has 2 aromatic heterocycles. The number of fused-ring (bicyclic) bond motifs is 3. The van der Waals surface area contributed by atoms with E-state index in [1.54, 1.807) is 28.3 Å². The Kier molecular flexibility index (Phi) is 7.68. The van der Waals surface area contributed by atoms with Crippen LogP contribution in [0, 0.1) is 0 Å². The second kappa shape index (κ2) is 11.5. The van der Waals surface area contributed by atoms with Crippen molar-refractivity contribution in [3.8, 4) is 28.5 Å². The van der Waals surface area contributed by atoms with Crippen LogP contribution in [0.15, 0.2) is 72.8 Å². The van der Waals surface area contributed by atoms with Gasteiger partial charge in [-0.15, -0.1) is 0 Å². The SMILES string of the molecule is CCOC(=O)c1cc2c3ccccc3n(CCCc3ccccc3)c2c(-c2cc(OC)c(OC)c(OC)c2)n1. The molecule has 2 heterocycles. The van der Waals surface area contributed by atoms with E-state index in [1.807, 2.05) is 36.4 Å². The summed E-state index contributed by atoms with van der Waals surface area (Å²) >= 11 is 0. The van der Waals surface area contributed by atoms with Gasteiger partial charge in [-0.2, -0.15) is 0 Å². The van der Waals surface area contributed by atoms with E-state index in [-0.39, 0.29) is 12.3 Å². The fourth-order valence-corrected chi connectivity index (χ4v) is 5.12. The average molecular weight is 525 g/mol. The summed E-state index contributed by atoms with van der Waals surface area (Å²) in [6.07, 6.45) is 1.88. The molecule has 200 valence electrons. The van der Waals surface area contributed by atoms with Crippen LogP contribution in [0.25, 0.3) is 33.1 Å². The van der Waals surface area contributed by atoms with Crippen molar-refractivity contribution in [2.75, 3.05) is 27.9 Å². The predicted octanol–water partition coefficient (Wildman–Crippen LogP) is 6.69. The molecule has 5 aromatic rings. The highest BCUT2D eigenvalue weighted by atomic mass is 16.5. The van der Waals surface area contributed by atoms with Gasteiger partial charge in [0.15, 0.2) is 11.5 Å². The molecule has 39 heavy (non-hydrogen) atoms. The minimum Gasteiger partial charge on any atom is -0.493 e. The molecule has 0 atom stereocenters. The van der Waals surface area contributed by atoms with E-state index in [2.05, 4.69) is 41.0 Å². The Hall–Kier alpha value is -4.52. The fraction of sp³-hybridized carbons (Fsp3) is 0.250. The van der Waals surface area contributed by atoms with E-state index in [0.29, 0.717) is 22.9 Å². The van der Waals surface area contributed by atoms with Gasteiger partial charge in [0.1, 0.15) is 5.69 Å². The maximum absolute atomic E-state index is 12.9. The van der Waals surface area contributed by atoms with Crippen molar-refractivity contribution in [2.45, 2.75) is 26.3 Å². The van der Waals surface area contributed by atoms with E-state index in [0.717, 1.165) is 46.8 Å². The van der Waals surface area contributed by atoms with Crippen molar-refractivity contribution in [2.24, 2.45) is 0 Å². The lowest BCUT2D eigenvalue weighted by atomic mass is 10.0. The number of pyridine rings is 1. The Bertz CT molecular complexity index is 1600. The smallest absolute Gasteiger partial charge is 0.356 e. The first-order valence-electron chi connectivity index (χ1n) is 13.0. The standard InChI is InChI=1S/C32H32N2O5/c1-5-39-32(35)25-20-24-23-15-9-10-16-26(23)34(17-11-14-21-12-7-6-8-13-21)30(24)29(33-25)22-18-27(36-2)31(38-4)28(19-22)37-3/h6-10,12-13,15-16,18-20H,5,11,14,17H2,1-4H3. The van der Waals surface area contributed by atoms with Gasteiger partial charge in [0.25, 0.3) is 0 Å². The van der Waals surface area contributed by atoms with Gasteiger partial charge in [-0.05, 0) is 49.6 Å².